The summed E-state index contributed by atoms with van der Waals surface area (Å²) in [7, 11) is 1.38. The Hall–Kier alpha value is -3.52. The maximum absolute atomic E-state index is 12.6. The van der Waals surface area contributed by atoms with Crippen LogP contribution < -0.4 is 14.8 Å². The third-order valence-electron chi connectivity index (χ3n) is 4.05. The molecule has 0 bridgehead atoms. The number of ether oxygens (including phenoxy) is 2. The number of methoxy groups -OCH3 is 1. The Morgan fingerprint density at radius 3 is 2.62 bits per heavy atom. The van der Waals surface area contributed by atoms with Gasteiger partial charge in [0, 0.05) is 0 Å². The third-order valence-corrected chi connectivity index (χ3v) is 4.33. The first-order valence-electron chi connectivity index (χ1n) is 8.49. The number of nitrogens with zero attached hydrogens (tertiary/aromatic N) is 1. The Bertz CT molecular complexity index is 990. The first-order valence-corrected chi connectivity index (χ1v) is 8.87. The molecule has 2 aromatic rings. The maximum Gasteiger partial charge on any atom is 0.341 e. The first kappa shape index (κ1) is 20.2. The number of imide groups is 1. The minimum atomic E-state index is -1.16. The summed E-state index contributed by atoms with van der Waals surface area (Å²) < 4.78 is 10.3. The quantitative estimate of drug-likeness (QED) is 0.531. The molecule has 9 heteroatoms. The van der Waals surface area contributed by atoms with Crippen molar-refractivity contribution in [3.05, 3.63) is 64.3 Å². The van der Waals surface area contributed by atoms with Gasteiger partial charge in [-0.15, -0.1) is 0 Å². The fraction of sp³-hybridized carbons (Fsp3) is 0.150. The second kappa shape index (κ2) is 8.66. The summed E-state index contributed by atoms with van der Waals surface area (Å²) in [6.07, 6.45) is 1.46. The number of halogens is 1. The lowest BCUT2D eigenvalue weighted by atomic mass is 10.1. The van der Waals surface area contributed by atoms with Gasteiger partial charge in [-0.1, -0.05) is 41.9 Å². The first-order chi connectivity index (χ1) is 13.9. The van der Waals surface area contributed by atoms with E-state index in [2.05, 4.69) is 5.32 Å². The van der Waals surface area contributed by atoms with Gasteiger partial charge in [-0.25, -0.2) is 9.59 Å². The zero-order valence-corrected chi connectivity index (χ0v) is 16.1. The SMILES string of the molecule is COc1cc(/C=C2/NC(=O)N(Cc3ccccc3)C2=O)cc(Cl)c1OCC(=O)O. The number of hydrogen-bond donors (Lipinski definition) is 2. The van der Waals surface area contributed by atoms with Gasteiger partial charge < -0.3 is 19.9 Å². The van der Waals surface area contributed by atoms with Crippen molar-refractivity contribution in [1.29, 1.82) is 0 Å². The molecule has 1 aliphatic heterocycles. The summed E-state index contributed by atoms with van der Waals surface area (Å²) in [6, 6.07) is 11.6. The molecule has 1 heterocycles. The van der Waals surface area contributed by atoms with Crippen molar-refractivity contribution in [2.24, 2.45) is 0 Å². The summed E-state index contributed by atoms with van der Waals surface area (Å²) >= 11 is 6.17. The van der Waals surface area contributed by atoms with Crippen LogP contribution in [0.5, 0.6) is 11.5 Å². The monoisotopic (exact) mass is 416 g/mol. The summed E-state index contributed by atoms with van der Waals surface area (Å²) in [5.41, 5.74) is 1.38. The van der Waals surface area contributed by atoms with Crippen molar-refractivity contribution in [3.63, 3.8) is 0 Å². The van der Waals surface area contributed by atoms with Gasteiger partial charge in [0.15, 0.2) is 18.1 Å². The van der Waals surface area contributed by atoms with Crippen LogP contribution in [0.1, 0.15) is 11.1 Å². The lowest BCUT2D eigenvalue weighted by Gasteiger charge is -2.12. The highest BCUT2D eigenvalue weighted by molar-refractivity contribution is 6.32. The van der Waals surface area contributed by atoms with Crippen LogP contribution in [0.2, 0.25) is 5.02 Å². The molecule has 0 radical (unpaired) electrons. The molecular weight excluding hydrogens is 400 g/mol. The minimum absolute atomic E-state index is 0.0752. The molecule has 0 saturated carbocycles. The van der Waals surface area contributed by atoms with E-state index in [-0.39, 0.29) is 28.8 Å². The van der Waals surface area contributed by atoms with Gasteiger partial charge >= 0.3 is 12.0 Å². The number of amides is 3. The average Bonchev–Trinajstić information content (AvgIpc) is 2.94. The van der Waals surface area contributed by atoms with Gasteiger partial charge in [0.25, 0.3) is 5.91 Å². The molecule has 3 amide bonds. The van der Waals surface area contributed by atoms with E-state index in [1.807, 2.05) is 30.3 Å². The Kier molecular flexibility index (Phi) is 6.04. The lowest BCUT2D eigenvalue weighted by molar-refractivity contribution is -0.139. The minimum Gasteiger partial charge on any atom is -0.493 e. The third kappa shape index (κ3) is 4.67. The summed E-state index contributed by atoms with van der Waals surface area (Å²) in [6.45, 7) is -0.436. The second-order valence-electron chi connectivity index (χ2n) is 6.08. The standard InChI is InChI=1S/C20H17ClN2O6/c1-28-16-9-13(7-14(21)18(16)29-11-17(24)25)8-15-19(26)23(20(27)22-15)10-12-5-3-2-4-6-12/h2-9H,10-11H2,1H3,(H,22,27)(H,24,25)/b15-8+. The van der Waals surface area contributed by atoms with Crippen LogP contribution in [-0.4, -0.2) is 41.6 Å². The molecular formula is C20H17ClN2O6. The Morgan fingerprint density at radius 2 is 1.97 bits per heavy atom. The van der Waals surface area contributed by atoms with E-state index < -0.39 is 24.5 Å². The molecule has 0 spiro atoms. The molecule has 0 aromatic heterocycles. The normalized spacial score (nSPS) is 14.8. The number of urea groups is 1. The number of rotatable bonds is 7. The Labute approximate surface area is 171 Å². The van der Waals surface area contributed by atoms with Gasteiger partial charge in [0.2, 0.25) is 0 Å². The fourth-order valence-corrected chi connectivity index (χ4v) is 3.02. The van der Waals surface area contributed by atoms with E-state index in [0.717, 1.165) is 10.5 Å². The highest BCUT2D eigenvalue weighted by Gasteiger charge is 2.33. The van der Waals surface area contributed by atoms with E-state index in [0.29, 0.717) is 5.56 Å². The van der Waals surface area contributed by atoms with Gasteiger partial charge in [-0.3, -0.25) is 9.69 Å². The topological polar surface area (TPSA) is 105 Å². The van der Waals surface area contributed by atoms with Gasteiger partial charge in [-0.05, 0) is 29.3 Å². The predicted molar refractivity (Wildman–Crippen MR) is 105 cm³/mol. The van der Waals surface area contributed by atoms with Crippen molar-refractivity contribution in [3.8, 4) is 11.5 Å². The molecule has 150 valence electrons. The number of carboxylic acids is 1. The Balaban J connectivity index is 1.84. The number of carbonyl (C=O) groups excluding carboxylic acids is 2. The summed E-state index contributed by atoms with van der Waals surface area (Å²) in [5.74, 6) is -1.36. The average molecular weight is 417 g/mol. The lowest BCUT2D eigenvalue weighted by Crippen LogP contribution is -2.30. The van der Waals surface area contributed by atoms with Gasteiger partial charge in [0.05, 0.1) is 18.7 Å². The zero-order valence-electron chi connectivity index (χ0n) is 15.3. The molecule has 2 N–H and O–H groups in total. The number of benzene rings is 2. The fourth-order valence-electron chi connectivity index (χ4n) is 2.74. The molecule has 2 aromatic carbocycles. The molecule has 0 atom stereocenters. The Morgan fingerprint density at radius 1 is 1.24 bits per heavy atom. The highest BCUT2D eigenvalue weighted by atomic mass is 35.5. The van der Waals surface area contributed by atoms with Crippen LogP contribution >= 0.6 is 11.6 Å². The van der Waals surface area contributed by atoms with Crippen LogP contribution in [0.3, 0.4) is 0 Å². The van der Waals surface area contributed by atoms with Crippen LogP contribution in [0, 0.1) is 0 Å². The zero-order chi connectivity index (χ0) is 21.0. The van der Waals surface area contributed by atoms with Crippen LogP contribution in [0.4, 0.5) is 4.79 Å². The molecule has 1 saturated heterocycles. The van der Waals surface area contributed by atoms with Crippen LogP contribution in [-0.2, 0) is 16.1 Å². The van der Waals surface area contributed by atoms with E-state index in [9.17, 15) is 14.4 Å². The van der Waals surface area contributed by atoms with Gasteiger partial charge in [-0.2, -0.15) is 0 Å². The maximum atomic E-state index is 12.6. The number of aliphatic carboxylic acids is 1. The van der Waals surface area contributed by atoms with E-state index in [1.165, 1.54) is 25.3 Å². The molecule has 3 rings (SSSR count). The molecule has 29 heavy (non-hydrogen) atoms. The van der Waals surface area contributed by atoms with Crippen molar-refractivity contribution in [2.75, 3.05) is 13.7 Å². The predicted octanol–water partition coefficient (Wildman–Crippen LogP) is 2.90. The summed E-state index contributed by atoms with van der Waals surface area (Å²) in [4.78, 5) is 36.6. The van der Waals surface area contributed by atoms with E-state index in [1.54, 1.807) is 0 Å². The van der Waals surface area contributed by atoms with Crippen LogP contribution in [0.25, 0.3) is 6.08 Å². The smallest absolute Gasteiger partial charge is 0.341 e. The second-order valence-corrected chi connectivity index (χ2v) is 6.49. The van der Waals surface area contributed by atoms with Crippen molar-refractivity contribution in [1.82, 2.24) is 10.2 Å². The highest BCUT2D eigenvalue weighted by Crippen LogP contribution is 2.37. The van der Waals surface area contributed by atoms with Crippen molar-refractivity contribution in [2.45, 2.75) is 6.54 Å². The van der Waals surface area contributed by atoms with Crippen molar-refractivity contribution < 1.29 is 29.0 Å². The molecule has 8 nitrogen and oxygen atoms in total. The molecule has 0 aliphatic carbocycles. The van der Waals surface area contributed by atoms with Crippen molar-refractivity contribution >= 4 is 35.6 Å². The van der Waals surface area contributed by atoms with E-state index in [4.69, 9.17) is 26.2 Å². The van der Waals surface area contributed by atoms with Gasteiger partial charge in [0.1, 0.15) is 5.70 Å². The number of nitrogens with one attached hydrogen (secondary N) is 1. The largest absolute Gasteiger partial charge is 0.493 e. The molecule has 1 aliphatic rings. The van der Waals surface area contributed by atoms with Crippen LogP contribution in [0.15, 0.2) is 48.2 Å². The molecule has 0 unspecified atom stereocenters. The number of carboxylic acid groups (broad SMARTS) is 1. The number of hydrogen-bond acceptors (Lipinski definition) is 5. The molecule has 1 fully saturated rings. The van der Waals surface area contributed by atoms with E-state index >= 15 is 0 Å². The summed E-state index contributed by atoms with van der Waals surface area (Å²) in [5, 5.41) is 11.4. The number of carbonyl (C=O) groups is 3.